The van der Waals surface area contributed by atoms with Gasteiger partial charge in [-0.25, -0.2) is 0 Å². The van der Waals surface area contributed by atoms with E-state index in [0.717, 1.165) is 24.9 Å². The quantitative estimate of drug-likeness (QED) is 0.664. The number of methoxy groups -OCH3 is 1. The molecule has 0 heterocycles. The number of nitro benzene ring substituents is 1. The van der Waals surface area contributed by atoms with Crippen molar-refractivity contribution in [3.05, 3.63) is 33.9 Å². The summed E-state index contributed by atoms with van der Waals surface area (Å²) in [6.07, 6.45) is 3.19. The van der Waals surface area contributed by atoms with Crippen molar-refractivity contribution in [2.45, 2.75) is 31.4 Å². The first-order valence-electron chi connectivity index (χ1n) is 6.12. The molecule has 0 aliphatic heterocycles. The Morgan fingerprint density at radius 1 is 1.53 bits per heavy atom. The van der Waals surface area contributed by atoms with Gasteiger partial charge in [0, 0.05) is 24.9 Å². The summed E-state index contributed by atoms with van der Waals surface area (Å²) in [5.41, 5.74) is 0.662. The van der Waals surface area contributed by atoms with Crippen molar-refractivity contribution >= 4 is 11.4 Å². The Labute approximate surface area is 111 Å². The summed E-state index contributed by atoms with van der Waals surface area (Å²) in [7, 11) is 1.70. The molecular formula is C13H15N3O3. The van der Waals surface area contributed by atoms with Gasteiger partial charge in [0.15, 0.2) is 0 Å². The molecule has 6 nitrogen and oxygen atoms in total. The van der Waals surface area contributed by atoms with Gasteiger partial charge in [-0.15, -0.1) is 0 Å². The van der Waals surface area contributed by atoms with Crippen molar-refractivity contribution in [1.29, 1.82) is 5.26 Å². The van der Waals surface area contributed by atoms with Crippen molar-refractivity contribution in [3.8, 4) is 6.07 Å². The third-order valence-electron chi connectivity index (χ3n) is 3.40. The van der Waals surface area contributed by atoms with Crippen LogP contribution in [0.2, 0.25) is 0 Å². The van der Waals surface area contributed by atoms with Crippen LogP contribution in [0.1, 0.15) is 24.8 Å². The second-order valence-corrected chi connectivity index (χ2v) is 4.61. The van der Waals surface area contributed by atoms with E-state index in [9.17, 15) is 10.1 Å². The van der Waals surface area contributed by atoms with Crippen molar-refractivity contribution < 1.29 is 9.66 Å². The molecule has 0 radical (unpaired) electrons. The normalized spacial score (nSPS) is 21.9. The molecule has 2 rings (SSSR count). The highest BCUT2D eigenvalue weighted by Crippen LogP contribution is 2.27. The van der Waals surface area contributed by atoms with E-state index in [1.807, 2.05) is 6.07 Å². The van der Waals surface area contributed by atoms with Crippen LogP contribution < -0.4 is 5.32 Å². The number of nitrogens with zero attached hydrogens (tertiary/aromatic N) is 2. The fourth-order valence-electron chi connectivity index (χ4n) is 2.40. The Bertz CT molecular complexity index is 524. The number of hydrogen-bond donors (Lipinski definition) is 1. The van der Waals surface area contributed by atoms with Crippen LogP contribution in [0.5, 0.6) is 0 Å². The van der Waals surface area contributed by atoms with Crippen LogP contribution >= 0.6 is 0 Å². The maximum absolute atomic E-state index is 10.7. The smallest absolute Gasteiger partial charge is 0.287 e. The van der Waals surface area contributed by atoms with E-state index in [2.05, 4.69) is 5.32 Å². The van der Waals surface area contributed by atoms with Crippen LogP contribution in [0.3, 0.4) is 0 Å². The molecule has 1 aliphatic rings. The predicted octanol–water partition coefficient (Wildman–Crippen LogP) is 2.45. The third-order valence-corrected chi connectivity index (χ3v) is 3.40. The van der Waals surface area contributed by atoms with Gasteiger partial charge in [-0.05, 0) is 31.4 Å². The monoisotopic (exact) mass is 261 g/mol. The molecule has 2 atom stereocenters. The van der Waals surface area contributed by atoms with Gasteiger partial charge in [-0.2, -0.15) is 5.26 Å². The van der Waals surface area contributed by atoms with Crippen molar-refractivity contribution in [1.82, 2.24) is 0 Å². The minimum absolute atomic E-state index is 0.0799. The highest BCUT2D eigenvalue weighted by molar-refractivity contribution is 5.59. The first kappa shape index (κ1) is 13.3. The first-order valence-corrected chi connectivity index (χ1v) is 6.12. The summed E-state index contributed by atoms with van der Waals surface area (Å²) in [5, 5.41) is 23.0. The molecule has 19 heavy (non-hydrogen) atoms. The number of hydrogen-bond acceptors (Lipinski definition) is 5. The lowest BCUT2D eigenvalue weighted by atomic mass is 10.1. The Kier molecular flexibility index (Phi) is 3.97. The van der Waals surface area contributed by atoms with Gasteiger partial charge in [0.25, 0.3) is 5.69 Å². The number of ether oxygens (including phenoxy) is 1. The minimum atomic E-state index is -0.543. The number of benzene rings is 1. The Morgan fingerprint density at radius 3 is 2.89 bits per heavy atom. The van der Waals surface area contributed by atoms with E-state index < -0.39 is 4.92 Å². The lowest BCUT2D eigenvalue weighted by molar-refractivity contribution is -0.385. The first-order chi connectivity index (χ1) is 9.13. The van der Waals surface area contributed by atoms with Crippen molar-refractivity contribution in [2.24, 2.45) is 0 Å². The van der Waals surface area contributed by atoms with Gasteiger partial charge in [0.05, 0.1) is 11.0 Å². The van der Waals surface area contributed by atoms with Crippen LogP contribution in [0.15, 0.2) is 18.2 Å². The zero-order valence-electron chi connectivity index (χ0n) is 10.6. The molecule has 1 aliphatic carbocycles. The molecule has 0 spiro atoms. The lowest BCUT2D eigenvalue weighted by Gasteiger charge is -2.14. The SMILES string of the molecule is COC1CCC(Nc2ccc([N+](=O)[O-])c(C#N)c2)C1. The summed E-state index contributed by atoms with van der Waals surface area (Å²) in [6, 6.07) is 6.67. The lowest BCUT2D eigenvalue weighted by Crippen LogP contribution is -2.17. The molecule has 2 unspecified atom stereocenters. The second-order valence-electron chi connectivity index (χ2n) is 4.61. The van der Waals surface area contributed by atoms with Crippen LogP contribution in [0, 0.1) is 21.4 Å². The topological polar surface area (TPSA) is 88.2 Å². The number of nitrogens with one attached hydrogen (secondary N) is 1. The van der Waals surface area contributed by atoms with E-state index in [-0.39, 0.29) is 23.4 Å². The number of rotatable bonds is 4. The molecular weight excluding hydrogens is 246 g/mol. The zero-order chi connectivity index (χ0) is 13.8. The molecule has 0 bridgehead atoms. The highest BCUT2D eigenvalue weighted by Gasteiger charge is 2.24. The molecule has 0 aromatic heterocycles. The number of nitriles is 1. The second kappa shape index (κ2) is 5.67. The Balaban J connectivity index is 2.10. The van der Waals surface area contributed by atoms with Gasteiger partial charge >= 0.3 is 0 Å². The zero-order valence-corrected chi connectivity index (χ0v) is 10.6. The van der Waals surface area contributed by atoms with Gasteiger partial charge in [0.2, 0.25) is 0 Å². The molecule has 6 heteroatoms. The molecule has 1 aromatic carbocycles. The maximum atomic E-state index is 10.7. The average Bonchev–Trinajstić information content (AvgIpc) is 2.86. The van der Waals surface area contributed by atoms with Crippen molar-refractivity contribution in [3.63, 3.8) is 0 Å². The summed E-state index contributed by atoms with van der Waals surface area (Å²) in [4.78, 5) is 10.2. The molecule has 1 N–H and O–H groups in total. The van der Waals surface area contributed by atoms with E-state index >= 15 is 0 Å². The van der Waals surface area contributed by atoms with E-state index in [1.165, 1.54) is 12.1 Å². The van der Waals surface area contributed by atoms with Gasteiger partial charge < -0.3 is 10.1 Å². The largest absolute Gasteiger partial charge is 0.382 e. The average molecular weight is 261 g/mol. The van der Waals surface area contributed by atoms with Crippen LogP contribution in [-0.4, -0.2) is 24.2 Å². The van der Waals surface area contributed by atoms with Gasteiger partial charge in [-0.1, -0.05) is 0 Å². The van der Waals surface area contributed by atoms with E-state index in [4.69, 9.17) is 10.00 Å². The fourth-order valence-corrected chi connectivity index (χ4v) is 2.40. The maximum Gasteiger partial charge on any atom is 0.287 e. The van der Waals surface area contributed by atoms with Crippen LogP contribution in [0.4, 0.5) is 11.4 Å². The van der Waals surface area contributed by atoms with Gasteiger partial charge in [-0.3, -0.25) is 10.1 Å². The van der Waals surface area contributed by atoms with Crippen molar-refractivity contribution in [2.75, 3.05) is 12.4 Å². The summed E-state index contributed by atoms with van der Waals surface area (Å²) in [6.45, 7) is 0. The van der Waals surface area contributed by atoms with E-state index in [0.29, 0.717) is 0 Å². The van der Waals surface area contributed by atoms with Crippen LogP contribution in [-0.2, 0) is 4.74 Å². The summed E-state index contributed by atoms with van der Waals surface area (Å²) < 4.78 is 5.29. The molecule has 0 saturated heterocycles. The predicted molar refractivity (Wildman–Crippen MR) is 69.9 cm³/mol. The van der Waals surface area contributed by atoms with E-state index in [1.54, 1.807) is 13.2 Å². The molecule has 0 amide bonds. The highest BCUT2D eigenvalue weighted by atomic mass is 16.6. The Hall–Kier alpha value is -2.13. The molecule has 1 aromatic rings. The third kappa shape index (κ3) is 3.01. The summed E-state index contributed by atoms with van der Waals surface area (Å²) >= 11 is 0. The van der Waals surface area contributed by atoms with Crippen LogP contribution in [0.25, 0.3) is 0 Å². The molecule has 1 saturated carbocycles. The Morgan fingerprint density at radius 2 is 2.32 bits per heavy atom. The summed E-state index contributed by atoms with van der Waals surface area (Å²) in [5.74, 6) is 0. The number of anilines is 1. The van der Waals surface area contributed by atoms with Gasteiger partial charge in [0.1, 0.15) is 11.6 Å². The standard InChI is InChI=1S/C13H15N3O3/c1-19-12-4-2-11(7-12)15-10-3-5-13(16(17)18)9(6-10)8-14/h3,5-6,11-12,15H,2,4,7H2,1H3. The molecule has 1 fully saturated rings. The minimum Gasteiger partial charge on any atom is -0.382 e. The number of nitro groups is 1. The fraction of sp³-hybridized carbons (Fsp3) is 0.462. The molecule has 100 valence electrons.